The van der Waals surface area contributed by atoms with Gasteiger partial charge in [-0.3, -0.25) is 10.1 Å². The van der Waals surface area contributed by atoms with Crippen molar-refractivity contribution in [3.05, 3.63) is 44.4 Å². The molecule has 0 aliphatic carbocycles. The first-order chi connectivity index (χ1) is 9.40. The molecule has 2 rings (SSSR count). The maximum Gasteiger partial charge on any atom is 0.347 e. The zero-order chi connectivity index (χ0) is 14.9. The number of rotatable bonds is 3. The Morgan fingerprint density at radius 3 is 2.65 bits per heavy atom. The molecule has 1 amide bonds. The van der Waals surface area contributed by atoms with E-state index in [-0.39, 0.29) is 25.6 Å². The summed E-state index contributed by atoms with van der Waals surface area (Å²) in [5, 5.41) is 12.0. The van der Waals surface area contributed by atoms with Crippen molar-refractivity contribution in [3.8, 4) is 0 Å². The number of nitrogens with one attached hydrogen (secondary N) is 1. The van der Waals surface area contributed by atoms with Crippen LogP contribution in [0.15, 0.2) is 18.2 Å². The number of halogens is 2. The van der Waals surface area contributed by atoms with E-state index in [1.165, 1.54) is 6.07 Å². The molecule has 1 heterocycles. The highest BCUT2D eigenvalue weighted by atomic mass is 35.5. The van der Waals surface area contributed by atoms with Crippen LogP contribution in [0.25, 0.3) is 0 Å². The summed E-state index contributed by atoms with van der Waals surface area (Å²) in [6.45, 7) is 1.56. The van der Waals surface area contributed by atoms with Crippen LogP contribution in [0.4, 0.5) is 5.13 Å². The van der Waals surface area contributed by atoms with Crippen molar-refractivity contribution < 1.29 is 14.7 Å². The van der Waals surface area contributed by atoms with Crippen LogP contribution in [0.2, 0.25) is 10.0 Å². The van der Waals surface area contributed by atoms with Gasteiger partial charge in [0.1, 0.15) is 4.88 Å². The van der Waals surface area contributed by atoms with E-state index in [9.17, 15) is 9.59 Å². The van der Waals surface area contributed by atoms with E-state index in [4.69, 9.17) is 28.3 Å². The molecular weight excluding hydrogens is 323 g/mol. The fourth-order valence-corrected chi connectivity index (χ4v) is 2.68. The highest BCUT2D eigenvalue weighted by Gasteiger charge is 2.18. The number of aromatic nitrogens is 1. The lowest BCUT2D eigenvalue weighted by molar-refractivity contribution is 0.0701. The van der Waals surface area contributed by atoms with Crippen molar-refractivity contribution in [2.24, 2.45) is 0 Å². The van der Waals surface area contributed by atoms with Crippen LogP contribution in [0.3, 0.4) is 0 Å². The molecular formula is C12H8Cl2N2O3S. The largest absolute Gasteiger partial charge is 0.477 e. The van der Waals surface area contributed by atoms with Crippen LogP contribution in [0.1, 0.15) is 25.7 Å². The smallest absolute Gasteiger partial charge is 0.347 e. The molecule has 0 saturated carbocycles. The second kappa shape index (κ2) is 5.78. The van der Waals surface area contributed by atoms with Crippen molar-refractivity contribution >= 4 is 51.5 Å². The molecule has 104 valence electrons. The Hall–Kier alpha value is -1.63. The number of aryl methyl sites for hydroxylation is 1. The van der Waals surface area contributed by atoms with Crippen LogP contribution in [-0.4, -0.2) is 22.0 Å². The molecule has 5 nitrogen and oxygen atoms in total. The molecule has 0 unspecified atom stereocenters. The van der Waals surface area contributed by atoms with E-state index >= 15 is 0 Å². The van der Waals surface area contributed by atoms with E-state index in [0.717, 1.165) is 11.3 Å². The second-order valence-corrected chi connectivity index (χ2v) is 5.58. The van der Waals surface area contributed by atoms with E-state index in [1.54, 1.807) is 19.1 Å². The number of hydrogen-bond acceptors (Lipinski definition) is 4. The number of thiazole rings is 1. The van der Waals surface area contributed by atoms with Crippen molar-refractivity contribution in [3.63, 3.8) is 0 Å². The van der Waals surface area contributed by atoms with Crippen LogP contribution in [0, 0.1) is 6.92 Å². The standard InChI is InChI=1S/C12H8Cl2N2O3S/c1-5-9(11(18)19)20-12(15-5)16-10(17)6-3-2-4-7(13)8(6)14/h2-4H,1H3,(H,18,19)(H,15,16,17). The summed E-state index contributed by atoms with van der Waals surface area (Å²) in [5.74, 6) is -1.58. The van der Waals surface area contributed by atoms with E-state index < -0.39 is 11.9 Å². The predicted molar refractivity (Wildman–Crippen MR) is 78.2 cm³/mol. The van der Waals surface area contributed by atoms with Gasteiger partial charge in [0.2, 0.25) is 0 Å². The lowest BCUT2D eigenvalue weighted by Crippen LogP contribution is -2.12. The molecule has 0 atom stereocenters. The number of carboxylic acid groups (broad SMARTS) is 1. The fraction of sp³-hybridized carbons (Fsp3) is 0.0833. The number of anilines is 1. The Morgan fingerprint density at radius 2 is 2.05 bits per heavy atom. The number of carboxylic acids is 1. The first-order valence-electron chi connectivity index (χ1n) is 5.36. The van der Waals surface area contributed by atoms with Gasteiger partial charge in [0.15, 0.2) is 5.13 Å². The van der Waals surface area contributed by atoms with E-state index in [2.05, 4.69) is 10.3 Å². The molecule has 0 saturated heterocycles. The molecule has 8 heteroatoms. The highest BCUT2D eigenvalue weighted by molar-refractivity contribution is 7.17. The van der Waals surface area contributed by atoms with Crippen molar-refractivity contribution in [1.29, 1.82) is 0 Å². The fourth-order valence-electron chi connectivity index (χ4n) is 1.49. The number of carbonyl (C=O) groups excluding carboxylic acids is 1. The number of aromatic carboxylic acids is 1. The van der Waals surface area contributed by atoms with Gasteiger partial charge in [-0.1, -0.05) is 40.6 Å². The Labute approximate surface area is 128 Å². The number of hydrogen-bond donors (Lipinski definition) is 2. The maximum absolute atomic E-state index is 12.0. The van der Waals surface area contributed by atoms with Crippen molar-refractivity contribution in [2.75, 3.05) is 5.32 Å². The molecule has 0 spiro atoms. The third-order valence-electron chi connectivity index (χ3n) is 2.41. The van der Waals surface area contributed by atoms with Gasteiger partial charge in [0.25, 0.3) is 5.91 Å². The predicted octanol–water partition coefficient (Wildman–Crippen LogP) is 3.71. The Morgan fingerprint density at radius 1 is 1.35 bits per heavy atom. The lowest BCUT2D eigenvalue weighted by Gasteiger charge is -2.04. The van der Waals surface area contributed by atoms with E-state index in [1.807, 2.05) is 0 Å². The molecule has 20 heavy (non-hydrogen) atoms. The van der Waals surface area contributed by atoms with Gasteiger partial charge >= 0.3 is 5.97 Å². The van der Waals surface area contributed by atoms with Gasteiger partial charge in [-0.15, -0.1) is 0 Å². The summed E-state index contributed by atoms with van der Waals surface area (Å²) in [7, 11) is 0. The summed E-state index contributed by atoms with van der Waals surface area (Å²) in [6, 6.07) is 4.68. The summed E-state index contributed by atoms with van der Waals surface area (Å²) in [4.78, 5) is 27.0. The zero-order valence-corrected chi connectivity index (χ0v) is 12.4. The molecule has 1 aromatic carbocycles. The van der Waals surface area contributed by atoms with Crippen molar-refractivity contribution in [1.82, 2.24) is 4.98 Å². The number of nitrogens with zero attached hydrogens (tertiary/aromatic N) is 1. The first kappa shape index (κ1) is 14.8. The van der Waals surface area contributed by atoms with E-state index in [0.29, 0.717) is 5.69 Å². The van der Waals surface area contributed by atoms with Gasteiger partial charge in [-0.25, -0.2) is 9.78 Å². The Balaban J connectivity index is 2.26. The van der Waals surface area contributed by atoms with Crippen LogP contribution >= 0.6 is 34.5 Å². The minimum absolute atomic E-state index is 0.0810. The third-order valence-corrected chi connectivity index (χ3v) is 4.29. The van der Waals surface area contributed by atoms with Crippen LogP contribution in [0.5, 0.6) is 0 Å². The topological polar surface area (TPSA) is 79.3 Å². The Kier molecular flexibility index (Phi) is 4.27. The van der Waals surface area contributed by atoms with Gasteiger partial charge in [-0.05, 0) is 19.1 Å². The monoisotopic (exact) mass is 330 g/mol. The summed E-state index contributed by atoms with van der Waals surface area (Å²) < 4.78 is 0. The number of carbonyl (C=O) groups is 2. The average Bonchev–Trinajstić information content (AvgIpc) is 2.73. The second-order valence-electron chi connectivity index (χ2n) is 3.79. The third kappa shape index (κ3) is 2.92. The van der Waals surface area contributed by atoms with Gasteiger partial charge in [0, 0.05) is 0 Å². The van der Waals surface area contributed by atoms with Gasteiger partial charge < -0.3 is 5.11 Å². The molecule has 1 aromatic heterocycles. The molecule has 2 aromatic rings. The first-order valence-corrected chi connectivity index (χ1v) is 6.93. The number of benzene rings is 1. The molecule has 0 aliphatic heterocycles. The zero-order valence-electron chi connectivity index (χ0n) is 10.1. The maximum atomic E-state index is 12.0. The summed E-state index contributed by atoms with van der Waals surface area (Å²) in [6.07, 6.45) is 0. The van der Waals surface area contributed by atoms with Crippen LogP contribution in [-0.2, 0) is 0 Å². The lowest BCUT2D eigenvalue weighted by atomic mass is 10.2. The van der Waals surface area contributed by atoms with Gasteiger partial charge in [-0.2, -0.15) is 0 Å². The molecule has 2 N–H and O–H groups in total. The highest BCUT2D eigenvalue weighted by Crippen LogP contribution is 2.27. The molecule has 0 aliphatic rings. The summed E-state index contributed by atoms with van der Waals surface area (Å²) >= 11 is 12.6. The SMILES string of the molecule is Cc1nc(NC(=O)c2cccc(Cl)c2Cl)sc1C(=O)O. The van der Waals surface area contributed by atoms with Gasteiger partial charge in [0.05, 0.1) is 21.3 Å². The molecule has 0 radical (unpaired) electrons. The minimum Gasteiger partial charge on any atom is -0.477 e. The minimum atomic E-state index is -1.08. The molecule has 0 fully saturated rings. The average molecular weight is 331 g/mol. The van der Waals surface area contributed by atoms with Crippen LogP contribution < -0.4 is 5.32 Å². The number of amides is 1. The van der Waals surface area contributed by atoms with Crippen molar-refractivity contribution in [2.45, 2.75) is 6.92 Å². The normalized spacial score (nSPS) is 10.3. The summed E-state index contributed by atoms with van der Waals surface area (Å²) in [5.41, 5.74) is 0.541. The molecule has 0 bridgehead atoms. The Bertz CT molecular complexity index is 700. The quantitative estimate of drug-likeness (QED) is 0.899.